The molecule has 1 atom stereocenters. The molecule has 1 amide bonds. The molecule has 1 fully saturated rings. The Bertz CT molecular complexity index is 500. The minimum Gasteiger partial charge on any atom is -0.379 e. The van der Waals surface area contributed by atoms with Gasteiger partial charge in [-0.1, -0.05) is 24.3 Å². The van der Waals surface area contributed by atoms with Gasteiger partial charge in [0, 0.05) is 38.6 Å². The highest BCUT2D eigenvalue weighted by atomic mass is 16.5. The summed E-state index contributed by atoms with van der Waals surface area (Å²) in [6.07, 6.45) is 1.56. The Morgan fingerprint density at radius 1 is 1.32 bits per heavy atom. The van der Waals surface area contributed by atoms with E-state index in [0.29, 0.717) is 13.0 Å². The molecule has 5 nitrogen and oxygen atoms in total. The molecule has 1 unspecified atom stereocenters. The van der Waals surface area contributed by atoms with E-state index in [1.165, 1.54) is 11.1 Å². The number of carbonyl (C=O) groups is 1. The van der Waals surface area contributed by atoms with Crippen LogP contribution < -0.4 is 10.6 Å². The maximum atomic E-state index is 12.2. The molecule has 1 saturated heterocycles. The molecule has 2 aliphatic rings. The van der Waals surface area contributed by atoms with Gasteiger partial charge in [-0.15, -0.1) is 0 Å². The number of carbonyl (C=O) groups excluding carboxylic acids is 1. The molecule has 2 aliphatic heterocycles. The molecule has 1 aromatic rings. The van der Waals surface area contributed by atoms with E-state index in [-0.39, 0.29) is 11.9 Å². The van der Waals surface area contributed by atoms with Crippen LogP contribution in [0, 0.1) is 0 Å². The van der Waals surface area contributed by atoms with Gasteiger partial charge in [0.1, 0.15) is 0 Å². The van der Waals surface area contributed by atoms with E-state index in [1.807, 2.05) is 0 Å². The van der Waals surface area contributed by atoms with E-state index in [4.69, 9.17) is 4.74 Å². The van der Waals surface area contributed by atoms with Crippen molar-refractivity contribution in [2.75, 3.05) is 45.9 Å². The fourth-order valence-electron chi connectivity index (χ4n) is 3.21. The van der Waals surface area contributed by atoms with Crippen molar-refractivity contribution in [3.8, 4) is 0 Å². The quantitative estimate of drug-likeness (QED) is 0.841. The summed E-state index contributed by atoms with van der Waals surface area (Å²) in [7, 11) is 0. The zero-order valence-corrected chi connectivity index (χ0v) is 13.0. The van der Waals surface area contributed by atoms with Crippen molar-refractivity contribution in [3.63, 3.8) is 0 Å². The maximum absolute atomic E-state index is 12.2. The number of morpholine rings is 1. The van der Waals surface area contributed by atoms with Gasteiger partial charge in [0.05, 0.1) is 13.2 Å². The number of rotatable bonds is 5. The second-order valence-corrected chi connectivity index (χ2v) is 5.96. The summed E-state index contributed by atoms with van der Waals surface area (Å²) < 4.78 is 5.32. The van der Waals surface area contributed by atoms with Gasteiger partial charge in [0.2, 0.25) is 5.91 Å². The van der Waals surface area contributed by atoms with Gasteiger partial charge in [-0.2, -0.15) is 0 Å². The average Bonchev–Trinajstić information content (AvgIpc) is 2.56. The third kappa shape index (κ3) is 4.06. The molecule has 5 heteroatoms. The molecule has 22 heavy (non-hydrogen) atoms. The van der Waals surface area contributed by atoms with Crippen LogP contribution in [0.4, 0.5) is 0 Å². The van der Waals surface area contributed by atoms with E-state index in [2.05, 4.69) is 39.8 Å². The fourth-order valence-corrected chi connectivity index (χ4v) is 3.21. The first-order valence-electron chi connectivity index (χ1n) is 8.21. The molecular weight excluding hydrogens is 278 g/mol. The molecule has 0 saturated carbocycles. The SMILES string of the molecule is O=C(CC1NCCc2ccccc21)NCCN1CCOCC1. The molecule has 2 N–H and O–H groups in total. The van der Waals surface area contributed by atoms with Gasteiger partial charge in [0.25, 0.3) is 0 Å². The number of nitrogens with one attached hydrogen (secondary N) is 2. The third-order valence-electron chi connectivity index (χ3n) is 4.46. The number of nitrogens with zero attached hydrogens (tertiary/aromatic N) is 1. The minimum absolute atomic E-state index is 0.127. The zero-order chi connectivity index (χ0) is 15.2. The maximum Gasteiger partial charge on any atom is 0.221 e. The van der Waals surface area contributed by atoms with Gasteiger partial charge < -0.3 is 15.4 Å². The van der Waals surface area contributed by atoms with Crippen molar-refractivity contribution in [2.45, 2.75) is 18.9 Å². The van der Waals surface area contributed by atoms with Crippen molar-refractivity contribution in [2.24, 2.45) is 0 Å². The molecule has 0 spiro atoms. The monoisotopic (exact) mass is 303 g/mol. The molecule has 0 bridgehead atoms. The summed E-state index contributed by atoms with van der Waals surface area (Å²) in [6, 6.07) is 8.57. The lowest BCUT2D eigenvalue weighted by Gasteiger charge is -2.28. The second kappa shape index (κ2) is 7.72. The van der Waals surface area contributed by atoms with Crippen LogP contribution in [-0.4, -0.2) is 56.7 Å². The molecule has 0 radical (unpaired) electrons. The second-order valence-electron chi connectivity index (χ2n) is 5.96. The predicted molar refractivity (Wildman–Crippen MR) is 85.8 cm³/mol. The summed E-state index contributed by atoms with van der Waals surface area (Å²) in [6.45, 7) is 6.11. The molecule has 0 aromatic heterocycles. The van der Waals surface area contributed by atoms with Crippen molar-refractivity contribution < 1.29 is 9.53 Å². The summed E-state index contributed by atoms with van der Waals surface area (Å²) in [4.78, 5) is 14.5. The summed E-state index contributed by atoms with van der Waals surface area (Å²) in [5.74, 6) is 0.127. The van der Waals surface area contributed by atoms with Gasteiger partial charge in [-0.25, -0.2) is 0 Å². The normalized spacial score (nSPS) is 22.1. The van der Waals surface area contributed by atoms with Crippen LogP contribution in [-0.2, 0) is 16.0 Å². The number of benzene rings is 1. The first-order chi connectivity index (χ1) is 10.8. The molecule has 0 aliphatic carbocycles. The molecule has 120 valence electrons. The van der Waals surface area contributed by atoms with Crippen LogP contribution in [0.25, 0.3) is 0 Å². The van der Waals surface area contributed by atoms with Crippen LogP contribution in [0.15, 0.2) is 24.3 Å². The van der Waals surface area contributed by atoms with Crippen LogP contribution in [0.5, 0.6) is 0 Å². The van der Waals surface area contributed by atoms with Crippen LogP contribution in [0.2, 0.25) is 0 Å². The molecule has 3 rings (SSSR count). The first kappa shape index (κ1) is 15.5. The summed E-state index contributed by atoms with van der Waals surface area (Å²) in [5.41, 5.74) is 2.64. The lowest BCUT2D eigenvalue weighted by molar-refractivity contribution is -0.121. The lowest BCUT2D eigenvalue weighted by atomic mass is 9.92. The van der Waals surface area contributed by atoms with Crippen molar-refractivity contribution in [1.29, 1.82) is 0 Å². The molecule has 2 heterocycles. The highest BCUT2D eigenvalue weighted by Gasteiger charge is 2.21. The van der Waals surface area contributed by atoms with Gasteiger partial charge in [-0.3, -0.25) is 9.69 Å². The number of hydrogen-bond donors (Lipinski definition) is 2. The number of ether oxygens (including phenoxy) is 1. The van der Waals surface area contributed by atoms with Crippen molar-refractivity contribution >= 4 is 5.91 Å². The van der Waals surface area contributed by atoms with Gasteiger partial charge in [-0.05, 0) is 24.1 Å². The van der Waals surface area contributed by atoms with E-state index >= 15 is 0 Å². The van der Waals surface area contributed by atoms with E-state index in [1.54, 1.807) is 0 Å². The van der Waals surface area contributed by atoms with Crippen LogP contribution >= 0.6 is 0 Å². The Morgan fingerprint density at radius 3 is 3.00 bits per heavy atom. The van der Waals surface area contributed by atoms with E-state index in [9.17, 15) is 4.79 Å². The Labute approximate surface area is 132 Å². The summed E-state index contributed by atoms with van der Waals surface area (Å²) >= 11 is 0. The number of hydrogen-bond acceptors (Lipinski definition) is 4. The first-order valence-corrected chi connectivity index (χ1v) is 8.21. The Morgan fingerprint density at radius 2 is 2.14 bits per heavy atom. The zero-order valence-electron chi connectivity index (χ0n) is 13.0. The van der Waals surface area contributed by atoms with E-state index in [0.717, 1.165) is 45.8 Å². The highest BCUT2D eigenvalue weighted by Crippen LogP contribution is 2.24. The Hall–Kier alpha value is -1.43. The smallest absolute Gasteiger partial charge is 0.221 e. The number of fused-ring (bicyclic) bond motifs is 1. The fraction of sp³-hybridized carbons (Fsp3) is 0.588. The van der Waals surface area contributed by atoms with Crippen molar-refractivity contribution in [3.05, 3.63) is 35.4 Å². The molecule has 1 aromatic carbocycles. The molecular formula is C17H25N3O2. The van der Waals surface area contributed by atoms with Crippen molar-refractivity contribution in [1.82, 2.24) is 15.5 Å². The van der Waals surface area contributed by atoms with Gasteiger partial charge in [0.15, 0.2) is 0 Å². The highest BCUT2D eigenvalue weighted by molar-refractivity contribution is 5.76. The predicted octanol–water partition coefficient (Wildman–Crippen LogP) is 0.712. The Kier molecular flexibility index (Phi) is 5.43. The van der Waals surface area contributed by atoms with E-state index < -0.39 is 0 Å². The Balaban J connectivity index is 1.44. The van der Waals surface area contributed by atoms with Gasteiger partial charge >= 0.3 is 0 Å². The third-order valence-corrected chi connectivity index (χ3v) is 4.46. The lowest BCUT2D eigenvalue weighted by Crippen LogP contribution is -2.42. The van der Waals surface area contributed by atoms with Crippen LogP contribution in [0.1, 0.15) is 23.6 Å². The summed E-state index contributed by atoms with van der Waals surface area (Å²) in [5, 5.41) is 6.50. The largest absolute Gasteiger partial charge is 0.379 e. The minimum atomic E-state index is 0.127. The standard InChI is InChI=1S/C17H25N3O2/c21-17(19-7-8-20-9-11-22-12-10-20)13-16-15-4-2-1-3-14(15)5-6-18-16/h1-4,16,18H,5-13H2,(H,19,21). The topological polar surface area (TPSA) is 53.6 Å². The van der Waals surface area contributed by atoms with Crippen LogP contribution in [0.3, 0.4) is 0 Å². The number of amides is 1. The average molecular weight is 303 g/mol.